The molecule has 0 radical (unpaired) electrons. The number of nitrogens with zero attached hydrogens (tertiary/aromatic N) is 3. The number of aryl methyl sites for hydroxylation is 2. The van der Waals surface area contributed by atoms with Crippen molar-refractivity contribution in [2.45, 2.75) is 13.0 Å². The molecule has 20 heavy (non-hydrogen) atoms. The van der Waals surface area contributed by atoms with Gasteiger partial charge in [-0.1, -0.05) is 6.07 Å². The number of aromatic nitrogens is 2. The molecule has 0 amide bonds. The van der Waals surface area contributed by atoms with Gasteiger partial charge >= 0.3 is 0 Å². The number of nitro benzene ring substituents is 1. The second-order valence-corrected chi connectivity index (χ2v) is 4.58. The molecule has 0 spiro atoms. The third-order valence-electron chi connectivity index (χ3n) is 3.30. The normalized spacial score (nSPS) is 10.8. The standard InChI is InChI=1S/C15H13N3O2/c19-18(20)14-4-5-15-12(11-14)6-9-17(15)10-7-13-3-1-2-8-16-13/h1-6,8-9,11H,7,10H2. The maximum atomic E-state index is 10.8. The first-order valence-corrected chi connectivity index (χ1v) is 6.37. The van der Waals surface area contributed by atoms with Crippen molar-refractivity contribution in [1.29, 1.82) is 0 Å². The highest BCUT2D eigenvalue weighted by atomic mass is 16.6. The summed E-state index contributed by atoms with van der Waals surface area (Å²) < 4.78 is 2.09. The van der Waals surface area contributed by atoms with Crippen LogP contribution in [0.4, 0.5) is 5.69 Å². The first-order chi connectivity index (χ1) is 9.74. The number of non-ortho nitro benzene ring substituents is 1. The predicted molar refractivity (Wildman–Crippen MR) is 76.5 cm³/mol. The van der Waals surface area contributed by atoms with Gasteiger partial charge in [0.25, 0.3) is 5.69 Å². The summed E-state index contributed by atoms with van der Waals surface area (Å²) in [5.41, 5.74) is 2.17. The zero-order valence-electron chi connectivity index (χ0n) is 10.8. The Bertz CT molecular complexity index is 750. The van der Waals surface area contributed by atoms with Crippen LogP contribution in [0.15, 0.2) is 54.9 Å². The molecule has 2 aromatic heterocycles. The van der Waals surface area contributed by atoms with E-state index in [1.165, 1.54) is 0 Å². The lowest BCUT2D eigenvalue weighted by Crippen LogP contribution is -2.01. The Morgan fingerprint density at radius 1 is 1.20 bits per heavy atom. The Hall–Kier alpha value is -2.69. The van der Waals surface area contributed by atoms with E-state index in [9.17, 15) is 10.1 Å². The van der Waals surface area contributed by atoms with E-state index >= 15 is 0 Å². The quantitative estimate of drug-likeness (QED) is 0.538. The van der Waals surface area contributed by atoms with E-state index in [-0.39, 0.29) is 10.6 Å². The fourth-order valence-electron chi connectivity index (χ4n) is 2.28. The van der Waals surface area contributed by atoms with Crippen LogP contribution in [0.5, 0.6) is 0 Å². The lowest BCUT2D eigenvalue weighted by molar-refractivity contribution is -0.384. The molecular weight excluding hydrogens is 254 g/mol. The summed E-state index contributed by atoms with van der Waals surface area (Å²) in [5, 5.41) is 11.6. The molecule has 0 atom stereocenters. The first kappa shape index (κ1) is 12.3. The van der Waals surface area contributed by atoms with Crippen molar-refractivity contribution in [3.05, 3.63) is 70.7 Å². The van der Waals surface area contributed by atoms with Crippen LogP contribution in [-0.2, 0) is 13.0 Å². The van der Waals surface area contributed by atoms with Gasteiger partial charge in [-0.3, -0.25) is 15.1 Å². The monoisotopic (exact) mass is 267 g/mol. The van der Waals surface area contributed by atoms with Gasteiger partial charge < -0.3 is 4.57 Å². The second-order valence-electron chi connectivity index (χ2n) is 4.58. The van der Waals surface area contributed by atoms with Gasteiger partial charge in [0.15, 0.2) is 0 Å². The average molecular weight is 267 g/mol. The lowest BCUT2D eigenvalue weighted by atomic mass is 10.2. The molecule has 1 aromatic carbocycles. The van der Waals surface area contributed by atoms with E-state index in [0.717, 1.165) is 29.6 Å². The van der Waals surface area contributed by atoms with Crippen LogP contribution >= 0.6 is 0 Å². The Balaban J connectivity index is 1.84. The molecule has 2 heterocycles. The number of benzene rings is 1. The number of hydrogen-bond donors (Lipinski definition) is 0. The molecule has 0 aliphatic carbocycles. The summed E-state index contributed by atoms with van der Waals surface area (Å²) >= 11 is 0. The lowest BCUT2D eigenvalue weighted by Gasteiger charge is -2.05. The molecule has 0 aliphatic rings. The van der Waals surface area contributed by atoms with Crippen molar-refractivity contribution >= 4 is 16.6 Å². The molecule has 3 aromatic rings. The van der Waals surface area contributed by atoms with Crippen molar-refractivity contribution < 1.29 is 4.92 Å². The summed E-state index contributed by atoms with van der Waals surface area (Å²) in [5.74, 6) is 0. The van der Waals surface area contributed by atoms with E-state index in [1.807, 2.05) is 30.5 Å². The predicted octanol–water partition coefficient (Wildman–Crippen LogP) is 3.19. The third kappa shape index (κ3) is 2.38. The third-order valence-corrected chi connectivity index (χ3v) is 3.30. The number of nitro groups is 1. The van der Waals surface area contributed by atoms with Crippen LogP contribution in [0.2, 0.25) is 0 Å². The molecule has 0 aliphatic heterocycles. The van der Waals surface area contributed by atoms with Gasteiger partial charge in [-0.05, 0) is 24.3 Å². The molecule has 0 unspecified atom stereocenters. The topological polar surface area (TPSA) is 61.0 Å². The van der Waals surface area contributed by atoms with Gasteiger partial charge in [-0.25, -0.2) is 0 Å². The summed E-state index contributed by atoms with van der Waals surface area (Å²) in [6.45, 7) is 0.804. The highest BCUT2D eigenvalue weighted by molar-refractivity contribution is 5.82. The van der Waals surface area contributed by atoms with Crippen LogP contribution in [0.3, 0.4) is 0 Å². The van der Waals surface area contributed by atoms with Crippen molar-refractivity contribution in [3.8, 4) is 0 Å². The molecular formula is C15H13N3O2. The van der Waals surface area contributed by atoms with E-state index in [2.05, 4.69) is 9.55 Å². The maximum absolute atomic E-state index is 10.8. The molecule has 0 N–H and O–H groups in total. The summed E-state index contributed by atoms with van der Waals surface area (Å²) in [7, 11) is 0. The fourth-order valence-corrected chi connectivity index (χ4v) is 2.28. The molecule has 0 bridgehead atoms. The fraction of sp³-hybridized carbons (Fsp3) is 0.133. The molecule has 3 rings (SSSR count). The van der Waals surface area contributed by atoms with E-state index in [1.54, 1.807) is 24.4 Å². The van der Waals surface area contributed by atoms with Gasteiger partial charge in [0.05, 0.1) is 4.92 Å². The Morgan fingerprint density at radius 3 is 2.85 bits per heavy atom. The molecule has 0 saturated carbocycles. The molecule has 5 nitrogen and oxygen atoms in total. The number of hydrogen-bond acceptors (Lipinski definition) is 3. The minimum atomic E-state index is -0.370. The maximum Gasteiger partial charge on any atom is 0.270 e. The van der Waals surface area contributed by atoms with Crippen LogP contribution < -0.4 is 0 Å². The first-order valence-electron chi connectivity index (χ1n) is 6.37. The van der Waals surface area contributed by atoms with Crippen LogP contribution in [0.1, 0.15) is 5.69 Å². The SMILES string of the molecule is O=[N+]([O-])c1ccc2c(ccn2CCc2ccccn2)c1. The van der Waals surface area contributed by atoms with Gasteiger partial charge in [-0.15, -0.1) is 0 Å². The van der Waals surface area contributed by atoms with Gasteiger partial charge in [0.2, 0.25) is 0 Å². The minimum Gasteiger partial charge on any atom is -0.347 e. The Kier molecular flexibility index (Phi) is 3.16. The summed E-state index contributed by atoms with van der Waals surface area (Å²) in [6, 6.07) is 12.7. The van der Waals surface area contributed by atoms with Crippen LogP contribution in [-0.4, -0.2) is 14.5 Å². The summed E-state index contributed by atoms with van der Waals surface area (Å²) in [6.07, 6.45) is 4.57. The van der Waals surface area contributed by atoms with Crippen LogP contribution in [0.25, 0.3) is 10.9 Å². The number of fused-ring (bicyclic) bond motifs is 1. The minimum absolute atomic E-state index is 0.125. The highest BCUT2D eigenvalue weighted by Crippen LogP contribution is 2.22. The number of rotatable bonds is 4. The number of pyridine rings is 1. The highest BCUT2D eigenvalue weighted by Gasteiger charge is 2.08. The molecule has 5 heteroatoms. The molecule has 100 valence electrons. The second kappa shape index (κ2) is 5.13. The summed E-state index contributed by atoms with van der Waals surface area (Å²) in [4.78, 5) is 14.7. The van der Waals surface area contributed by atoms with Gasteiger partial charge in [-0.2, -0.15) is 0 Å². The van der Waals surface area contributed by atoms with E-state index in [4.69, 9.17) is 0 Å². The average Bonchev–Trinajstić information content (AvgIpc) is 2.88. The van der Waals surface area contributed by atoms with Crippen molar-refractivity contribution in [1.82, 2.24) is 9.55 Å². The largest absolute Gasteiger partial charge is 0.347 e. The van der Waals surface area contributed by atoms with Gasteiger partial charge in [0, 0.05) is 54.1 Å². The molecule has 0 fully saturated rings. The van der Waals surface area contributed by atoms with Crippen LogP contribution in [0, 0.1) is 10.1 Å². The van der Waals surface area contributed by atoms with Crippen molar-refractivity contribution in [2.75, 3.05) is 0 Å². The van der Waals surface area contributed by atoms with Crippen molar-refractivity contribution in [2.24, 2.45) is 0 Å². The van der Waals surface area contributed by atoms with E-state index < -0.39 is 0 Å². The molecule has 0 saturated heterocycles. The zero-order chi connectivity index (χ0) is 13.9. The Morgan fingerprint density at radius 2 is 2.10 bits per heavy atom. The van der Waals surface area contributed by atoms with Crippen molar-refractivity contribution in [3.63, 3.8) is 0 Å². The smallest absolute Gasteiger partial charge is 0.270 e. The Labute approximate surface area is 115 Å². The zero-order valence-corrected chi connectivity index (χ0v) is 10.8. The van der Waals surface area contributed by atoms with E-state index in [0.29, 0.717) is 0 Å². The van der Waals surface area contributed by atoms with Gasteiger partial charge in [0.1, 0.15) is 0 Å².